The van der Waals surface area contributed by atoms with E-state index in [4.69, 9.17) is 4.52 Å². The molecule has 4 heterocycles. The van der Waals surface area contributed by atoms with Gasteiger partial charge in [0.1, 0.15) is 11.8 Å². The molecule has 4 rings (SSSR count). The summed E-state index contributed by atoms with van der Waals surface area (Å²) in [5.74, 6) is 0.826. The highest BCUT2D eigenvalue weighted by Gasteiger charge is 2.30. The van der Waals surface area contributed by atoms with Gasteiger partial charge in [0.15, 0.2) is 0 Å². The van der Waals surface area contributed by atoms with E-state index in [0.717, 1.165) is 30.1 Å². The molecule has 0 spiro atoms. The molecule has 7 nitrogen and oxygen atoms in total. The monoisotopic (exact) mass is 371 g/mol. The van der Waals surface area contributed by atoms with Crippen LogP contribution in [0.15, 0.2) is 40.6 Å². The first-order valence-corrected chi connectivity index (χ1v) is 9.52. The lowest BCUT2D eigenvalue weighted by molar-refractivity contribution is -0.125. The summed E-state index contributed by atoms with van der Waals surface area (Å²) in [7, 11) is 0. The molecule has 8 heteroatoms. The van der Waals surface area contributed by atoms with Crippen LogP contribution in [0.5, 0.6) is 0 Å². The smallest absolute Gasteiger partial charge is 0.244 e. The van der Waals surface area contributed by atoms with E-state index in [-0.39, 0.29) is 11.9 Å². The van der Waals surface area contributed by atoms with Crippen molar-refractivity contribution in [2.24, 2.45) is 0 Å². The molecule has 3 aromatic rings. The number of thiophene rings is 1. The first kappa shape index (κ1) is 17.0. The fourth-order valence-electron chi connectivity index (χ4n) is 3.29. The number of aryl methyl sites for hydroxylation is 1. The molecule has 0 aromatic carbocycles. The second-order valence-corrected chi connectivity index (χ2v) is 7.56. The highest BCUT2D eigenvalue weighted by molar-refractivity contribution is 7.09. The zero-order valence-electron chi connectivity index (χ0n) is 14.6. The molecule has 1 aliphatic heterocycles. The normalized spacial score (nSPS) is 17.2. The summed E-state index contributed by atoms with van der Waals surface area (Å²) < 4.78 is 7.13. The van der Waals surface area contributed by atoms with Crippen molar-refractivity contribution in [1.82, 2.24) is 24.9 Å². The predicted octanol–water partition coefficient (Wildman–Crippen LogP) is 2.16. The van der Waals surface area contributed by atoms with Gasteiger partial charge in [-0.25, -0.2) is 4.98 Å². The molecule has 1 aliphatic rings. The second kappa shape index (κ2) is 7.43. The first-order valence-electron chi connectivity index (χ1n) is 8.64. The van der Waals surface area contributed by atoms with Gasteiger partial charge in [0.05, 0.1) is 17.7 Å². The molecule has 0 saturated heterocycles. The summed E-state index contributed by atoms with van der Waals surface area (Å²) in [5, 5.41) is 9.19. The Morgan fingerprint density at radius 2 is 2.42 bits per heavy atom. The molecular weight excluding hydrogens is 350 g/mol. The van der Waals surface area contributed by atoms with Crippen molar-refractivity contribution in [3.63, 3.8) is 0 Å². The van der Waals surface area contributed by atoms with Crippen molar-refractivity contribution in [3.05, 3.63) is 58.1 Å². The van der Waals surface area contributed by atoms with Gasteiger partial charge in [-0.15, -0.1) is 11.3 Å². The topological polar surface area (TPSA) is 76.2 Å². The van der Waals surface area contributed by atoms with Crippen LogP contribution in [0.4, 0.5) is 0 Å². The molecule has 0 radical (unpaired) electrons. The van der Waals surface area contributed by atoms with Gasteiger partial charge in [0.2, 0.25) is 5.91 Å². The number of amides is 1. The van der Waals surface area contributed by atoms with Crippen molar-refractivity contribution in [2.75, 3.05) is 13.1 Å². The fourth-order valence-corrected chi connectivity index (χ4v) is 4.00. The minimum Gasteiger partial charge on any atom is -0.361 e. The lowest BCUT2D eigenvalue weighted by atomic mass is 10.1. The quantitative estimate of drug-likeness (QED) is 0.719. The molecule has 1 amide bonds. The van der Waals surface area contributed by atoms with Gasteiger partial charge in [-0.05, 0) is 24.8 Å². The van der Waals surface area contributed by atoms with Gasteiger partial charge in [-0.1, -0.05) is 11.2 Å². The van der Waals surface area contributed by atoms with E-state index in [1.54, 1.807) is 17.7 Å². The molecule has 0 fully saturated rings. The average molecular weight is 371 g/mol. The number of carbonyl (C=O) groups excluding carboxylic acids is 1. The maximum Gasteiger partial charge on any atom is 0.244 e. The van der Waals surface area contributed by atoms with Gasteiger partial charge < -0.3 is 14.4 Å². The van der Waals surface area contributed by atoms with E-state index < -0.39 is 0 Å². The van der Waals surface area contributed by atoms with E-state index in [0.29, 0.717) is 19.6 Å². The van der Waals surface area contributed by atoms with Crippen molar-refractivity contribution in [1.29, 1.82) is 0 Å². The van der Waals surface area contributed by atoms with Gasteiger partial charge in [0.25, 0.3) is 0 Å². The molecule has 0 aliphatic carbocycles. The summed E-state index contributed by atoms with van der Waals surface area (Å²) in [6.07, 6.45) is 4.43. The molecule has 0 saturated carbocycles. The number of rotatable bonds is 6. The first-order chi connectivity index (χ1) is 12.7. The van der Waals surface area contributed by atoms with Crippen LogP contribution in [0, 0.1) is 6.92 Å². The second-order valence-electron chi connectivity index (χ2n) is 6.53. The van der Waals surface area contributed by atoms with E-state index >= 15 is 0 Å². The Hall–Kier alpha value is -2.45. The zero-order chi connectivity index (χ0) is 17.9. The van der Waals surface area contributed by atoms with Gasteiger partial charge in [0, 0.05) is 43.3 Å². The average Bonchev–Trinajstić information content (AvgIpc) is 3.36. The highest BCUT2D eigenvalue weighted by atomic mass is 32.1. The Bertz CT molecular complexity index is 870. The molecule has 3 aromatic heterocycles. The van der Waals surface area contributed by atoms with Crippen LogP contribution in [-0.4, -0.2) is 38.6 Å². The van der Waals surface area contributed by atoms with E-state index in [1.165, 1.54) is 4.88 Å². The fraction of sp³-hybridized carbons (Fsp3) is 0.389. The Morgan fingerprint density at radius 3 is 3.19 bits per heavy atom. The largest absolute Gasteiger partial charge is 0.361 e. The predicted molar refractivity (Wildman–Crippen MR) is 97.7 cm³/mol. The number of carbonyl (C=O) groups is 1. The Labute approximate surface area is 155 Å². The van der Waals surface area contributed by atoms with Crippen LogP contribution in [0.1, 0.15) is 28.1 Å². The summed E-state index contributed by atoms with van der Waals surface area (Å²) >= 11 is 1.71. The summed E-state index contributed by atoms with van der Waals surface area (Å²) in [6, 6.07) is 5.77. The molecule has 0 bridgehead atoms. The number of nitrogens with zero attached hydrogens (tertiary/aromatic N) is 4. The minimum absolute atomic E-state index is 0.0295. The Balaban J connectivity index is 1.41. The maximum atomic E-state index is 12.8. The number of hydrogen-bond acceptors (Lipinski definition) is 6. The number of fused-ring (bicyclic) bond motifs is 1. The highest BCUT2D eigenvalue weighted by Crippen LogP contribution is 2.22. The summed E-state index contributed by atoms with van der Waals surface area (Å²) in [5.41, 5.74) is 1.92. The third kappa shape index (κ3) is 3.71. The molecule has 1 N–H and O–H groups in total. The molecular formula is C18H21N5O2S. The lowest BCUT2D eigenvalue weighted by Crippen LogP contribution is -2.44. The number of imidazole rings is 1. The SMILES string of the molecule is Cc1cc(CN2Cc3cncn3[C@@H](C(=O)NCCc3cccs3)C2)no1. The zero-order valence-corrected chi connectivity index (χ0v) is 15.4. The van der Waals surface area contributed by atoms with Crippen LogP contribution in [0.25, 0.3) is 0 Å². The molecule has 26 heavy (non-hydrogen) atoms. The van der Waals surface area contributed by atoms with E-state index in [2.05, 4.69) is 31.8 Å². The van der Waals surface area contributed by atoms with Crippen LogP contribution in [-0.2, 0) is 24.3 Å². The Morgan fingerprint density at radius 1 is 1.50 bits per heavy atom. The number of nitrogens with one attached hydrogen (secondary N) is 1. The van der Waals surface area contributed by atoms with Crippen molar-refractivity contribution >= 4 is 17.2 Å². The number of hydrogen-bond donors (Lipinski definition) is 1. The molecule has 136 valence electrons. The lowest BCUT2D eigenvalue weighted by Gasteiger charge is -2.33. The molecule has 1 atom stereocenters. The van der Waals surface area contributed by atoms with Crippen LogP contribution in [0.3, 0.4) is 0 Å². The van der Waals surface area contributed by atoms with Crippen LogP contribution >= 0.6 is 11.3 Å². The van der Waals surface area contributed by atoms with E-state index in [1.807, 2.05) is 29.8 Å². The maximum absolute atomic E-state index is 12.8. The summed E-state index contributed by atoms with van der Waals surface area (Å²) in [6.45, 7) is 4.54. The number of aromatic nitrogens is 3. The van der Waals surface area contributed by atoms with Crippen LogP contribution in [0.2, 0.25) is 0 Å². The van der Waals surface area contributed by atoms with Crippen LogP contribution < -0.4 is 5.32 Å². The summed E-state index contributed by atoms with van der Waals surface area (Å²) in [4.78, 5) is 20.5. The van der Waals surface area contributed by atoms with E-state index in [9.17, 15) is 4.79 Å². The third-order valence-corrected chi connectivity index (χ3v) is 5.45. The minimum atomic E-state index is -0.280. The third-order valence-electron chi connectivity index (χ3n) is 4.51. The Kier molecular flexibility index (Phi) is 4.85. The standard InChI is InChI=1S/C18H21N5O2S/c1-13-7-14(21-25-13)9-22-10-15-8-19-12-23(15)17(11-22)18(24)20-5-4-16-3-2-6-26-16/h2-3,6-8,12,17H,4-5,9-11H2,1H3,(H,20,24)/t17-/m1/s1. The van der Waals surface area contributed by atoms with Crippen molar-refractivity contribution in [3.8, 4) is 0 Å². The van der Waals surface area contributed by atoms with Crippen molar-refractivity contribution < 1.29 is 9.32 Å². The van der Waals surface area contributed by atoms with Gasteiger partial charge >= 0.3 is 0 Å². The van der Waals surface area contributed by atoms with Crippen molar-refractivity contribution in [2.45, 2.75) is 32.5 Å². The van der Waals surface area contributed by atoms with Gasteiger partial charge in [-0.2, -0.15) is 0 Å². The molecule has 0 unspecified atom stereocenters. The van der Waals surface area contributed by atoms with Gasteiger partial charge in [-0.3, -0.25) is 9.69 Å².